The number of benzene rings is 1. The van der Waals surface area contributed by atoms with Crippen molar-refractivity contribution in [3.05, 3.63) is 46.4 Å². The molecule has 6 heteroatoms. The molecule has 1 amide bonds. The Morgan fingerprint density at radius 2 is 2.15 bits per heavy atom. The van der Waals surface area contributed by atoms with Crippen LogP contribution in [0.1, 0.15) is 9.88 Å². The maximum absolute atomic E-state index is 11.8. The molecule has 0 radical (unpaired) electrons. The highest BCUT2D eigenvalue weighted by molar-refractivity contribution is 7.19. The van der Waals surface area contributed by atoms with Gasteiger partial charge in [0.05, 0.1) is 10.2 Å². The number of thiazole rings is 2. The van der Waals surface area contributed by atoms with E-state index in [1.165, 1.54) is 17.4 Å². The molecule has 0 aliphatic carbocycles. The maximum atomic E-state index is 11.8. The maximum Gasteiger partial charge on any atom is 0.250 e. The Hall–Kier alpha value is -2.05. The summed E-state index contributed by atoms with van der Waals surface area (Å²) in [6.45, 7) is 1.95. The van der Waals surface area contributed by atoms with Crippen LogP contribution < -0.4 is 5.32 Å². The van der Waals surface area contributed by atoms with Crippen molar-refractivity contribution in [1.82, 2.24) is 9.97 Å². The first-order valence-corrected chi connectivity index (χ1v) is 7.61. The van der Waals surface area contributed by atoms with E-state index in [1.807, 2.05) is 31.2 Å². The lowest BCUT2D eigenvalue weighted by molar-refractivity contribution is -0.111. The molecular formula is C14H11N3OS2. The summed E-state index contributed by atoms with van der Waals surface area (Å²) in [5.74, 6) is -0.196. The van der Waals surface area contributed by atoms with Crippen LogP contribution in [0.4, 0.5) is 5.13 Å². The van der Waals surface area contributed by atoms with Crippen LogP contribution in [0.2, 0.25) is 0 Å². The minimum absolute atomic E-state index is 0.196. The number of carbonyl (C=O) groups excluding carboxylic acids is 1. The number of fused-ring (bicyclic) bond motifs is 1. The first kappa shape index (κ1) is 13.0. The van der Waals surface area contributed by atoms with Crippen molar-refractivity contribution in [2.45, 2.75) is 6.92 Å². The molecule has 0 saturated carbocycles. The van der Waals surface area contributed by atoms with Crippen LogP contribution in [0.5, 0.6) is 0 Å². The largest absolute Gasteiger partial charge is 0.298 e. The summed E-state index contributed by atoms with van der Waals surface area (Å²) in [5.41, 5.74) is 0.952. The molecule has 100 valence electrons. The number of amides is 1. The van der Waals surface area contributed by atoms with E-state index in [0.29, 0.717) is 5.13 Å². The minimum atomic E-state index is -0.196. The summed E-state index contributed by atoms with van der Waals surface area (Å²) in [6.07, 6.45) is 4.94. The third-order valence-electron chi connectivity index (χ3n) is 2.54. The van der Waals surface area contributed by atoms with E-state index in [0.717, 1.165) is 20.1 Å². The molecule has 2 aromatic heterocycles. The lowest BCUT2D eigenvalue weighted by atomic mass is 10.3. The Bertz CT molecular complexity index is 755. The van der Waals surface area contributed by atoms with Gasteiger partial charge in [-0.15, -0.1) is 22.7 Å². The molecule has 20 heavy (non-hydrogen) atoms. The Labute approximate surface area is 123 Å². The summed E-state index contributed by atoms with van der Waals surface area (Å²) in [7, 11) is 0. The minimum Gasteiger partial charge on any atom is -0.298 e. The molecule has 0 unspecified atom stereocenters. The summed E-state index contributed by atoms with van der Waals surface area (Å²) in [4.78, 5) is 21.3. The first-order valence-electron chi connectivity index (χ1n) is 5.98. The topological polar surface area (TPSA) is 54.9 Å². The smallest absolute Gasteiger partial charge is 0.250 e. The van der Waals surface area contributed by atoms with E-state index < -0.39 is 0 Å². The Balaban J connectivity index is 1.71. The van der Waals surface area contributed by atoms with Gasteiger partial charge in [-0.1, -0.05) is 12.1 Å². The molecule has 3 rings (SSSR count). The summed E-state index contributed by atoms with van der Waals surface area (Å²) in [6, 6.07) is 7.91. The van der Waals surface area contributed by atoms with Crippen molar-refractivity contribution in [3.63, 3.8) is 0 Å². The highest BCUT2D eigenvalue weighted by Crippen LogP contribution is 2.22. The Morgan fingerprint density at radius 3 is 2.90 bits per heavy atom. The standard InChI is InChI=1S/C14H11N3OS2/c1-9-8-15-14(19-9)17-12(18)6-7-13-16-10-4-2-3-5-11(10)20-13/h2-8H,1H3,(H,15,17,18)/b7-6+. The number of anilines is 1. The van der Waals surface area contributed by atoms with Gasteiger partial charge in [-0.2, -0.15) is 0 Å². The molecule has 0 fully saturated rings. The van der Waals surface area contributed by atoms with Crippen molar-refractivity contribution >= 4 is 50.0 Å². The number of rotatable bonds is 3. The average molecular weight is 301 g/mol. The second-order valence-corrected chi connectivity index (χ2v) is 6.42. The van der Waals surface area contributed by atoms with Crippen molar-refractivity contribution in [2.24, 2.45) is 0 Å². The van der Waals surface area contributed by atoms with Gasteiger partial charge in [0, 0.05) is 17.2 Å². The Morgan fingerprint density at radius 1 is 1.30 bits per heavy atom. The van der Waals surface area contributed by atoms with Crippen molar-refractivity contribution in [3.8, 4) is 0 Å². The van der Waals surface area contributed by atoms with Crippen LogP contribution in [0.15, 0.2) is 36.5 Å². The molecule has 0 aliphatic rings. The van der Waals surface area contributed by atoms with Gasteiger partial charge in [0.1, 0.15) is 5.01 Å². The lowest BCUT2D eigenvalue weighted by Gasteiger charge is -1.94. The predicted octanol–water partition coefficient (Wildman–Crippen LogP) is 3.71. The van der Waals surface area contributed by atoms with Crippen LogP contribution in [-0.2, 0) is 4.79 Å². The second-order valence-electron chi connectivity index (χ2n) is 4.12. The fourth-order valence-electron chi connectivity index (χ4n) is 1.67. The monoisotopic (exact) mass is 301 g/mol. The van der Waals surface area contributed by atoms with Crippen molar-refractivity contribution < 1.29 is 4.79 Å². The highest BCUT2D eigenvalue weighted by atomic mass is 32.1. The molecule has 2 heterocycles. The van der Waals surface area contributed by atoms with Gasteiger partial charge >= 0.3 is 0 Å². The van der Waals surface area contributed by atoms with Gasteiger partial charge in [-0.3, -0.25) is 10.1 Å². The Kier molecular flexibility index (Phi) is 3.58. The molecule has 3 aromatic rings. The third-order valence-corrected chi connectivity index (χ3v) is 4.37. The quantitative estimate of drug-likeness (QED) is 0.750. The second kappa shape index (κ2) is 5.52. The zero-order valence-electron chi connectivity index (χ0n) is 10.7. The molecular weight excluding hydrogens is 290 g/mol. The number of hydrogen-bond donors (Lipinski definition) is 1. The molecule has 0 spiro atoms. The van der Waals surface area contributed by atoms with E-state index in [4.69, 9.17) is 0 Å². The third kappa shape index (κ3) is 2.92. The van der Waals surface area contributed by atoms with Gasteiger partial charge in [0.25, 0.3) is 0 Å². The van der Waals surface area contributed by atoms with Gasteiger partial charge in [0.2, 0.25) is 5.91 Å². The number of para-hydroxylation sites is 1. The van der Waals surface area contributed by atoms with Crippen molar-refractivity contribution in [1.29, 1.82) is 0 Å². The summed E-state index contributed by atoms with van der Waals surface area (Å²) in [5, 5.41) is 4.15. The van der Waals surface area contributed by atoms with E-state index in [-0.39, 0.29) is 5.91 Å². The van der Waals surface area contributed by atoms with Gasteiger partial charge in [0.15, 0.2) is 5.13 Å². The van der Waals surface area contributed by atoms with Gasteiger partial charge in [-0.05, 0) is 25.1 Å². The summed E-state index contributed by atoms with van der Waals surface area (Å²) >= 11 is 3.01. The molecule has 0 bridgehead atoms. The molecule has 0 aliphatic heterocycles. The van der Waals surface area contributed by atoms with E-state index in [9.17, 15) is 4.79 Å². The normalized spacial score (nSPS) is 11.2. The summed E-state index contributed by atoms with van der Waals surface area (Å²) < 4.78 is 1.11. The number of carbonyl (C=O) groups is 1. The molecule has 1 aromatic carbocycles. The van der Waals surface area contributed by atoms with Gasteiger partial charge in [-0.25, -0.2) is 9.97 Å². The van der Waals surface area contributed by atoms with Crippen LogP contribution in [0.3, 0.4) is 0 Å². The molecule has 0 atom stereocenters. The first-order chi connectivity index (χ1) is 9.70. The van der Waals surface area contributed by atoms with Crippen LogP contribution in [0, 0.1) is 6.92 Å². The van der Waals surface area contributed by atoms with Gasteiger partial charge < -0.3 is 0 Å². The highest BCUT2D eigenvalue weighted by Gasteiger charge is 2.03. The fourth-order valence-corrected chi connectivity index (χ4v) is 3.21. The predicted molar refractivity (Wildman–Crippen MR) is 84.1 cm³/mol. The number of aryl methyl sites for hydroxylation is 1. The zero-order chi connectivity index (χ0) is 13.9. The van der Waals surface area contributed by atoms with Crippen LogP contribution in [0.25, 0.3) is 16.3 Å². The average Bonchev–Trinajstić information content (AvgIpc) is 3.02. The number of nitrogens with one attached hydrogen (secondary N) is 1. The SMILES string of the molecule is Cc1cnc(NC(=O)/C=C/c2nc3ccccc3s2)s1. The molecule has 0 saturated heterocycles. The number of nitrogens with zero attached hydrogens (tertiary/aromatic N) is 2. The van der Waals surface area contributed by atoms with Crippen LogP contribution >= 0.6 is 22.7 Å². The molecule has 4 nitrogen and oxygen atoms in total. The van der Waals surface area contributed by atoms with E-state index in [1.54, 1.807) is 23.6 Å². The van der Waals surface area contributed by atoms with Crippen molar-refractivity contribution in [2.75, 3.05) is 5.32 Å². The zero-order valence-corrected chi connectivity index (χ0v) is 12.3. The lowest BCUT2D eigenvalue weighted by Crippen LogP contribution is -2.06. The number of hydrogen-bond acceptors (Lipinski definition) is 5. The van der Waals surface area contributed by atoms with E-state index in [2.05, 4.69) is 15.3 Å². The number of aromatic nitrogens is 2. The molecule has 1 N–H and O–H groups in total. The fraction of sp³-hybridized carbons (Fsp3) is 0.0714. The van der Waals surface area contributed by atoms with Crippen LogP contribution in [-0.4, -0.2) is 15.9 Å². The van der Waals surface area contributed by atoms with E-state index >= 15 is 0 Å².